The van der Waals surface area contributed by atoms with E-state index in [0.29, 0.717) is 5.75 Å². The Morgan fingerprint density at radius 2 is 1.81 bits per heavy atom. The van der Waals surface area contributed by atoms with Crippen molar-refractivity contribution < 1.29 is 4.74 Å². The Kier molecular flexibility index (Phi) is 2.59. The highest BCUT2D eigenvalue weighted by atomic mass is 16.5. The van der Waals surface area contributed by atoms with E-state index in [0.717, 1.165) is 5.56 Å². The summed E-state index contributed by atoms with van der Waals surface area (Å²) in [6, 6.07) is 7.24. The van der Waals surface area contributed by atoms with Gasteiger partial charge >= 0.3 is 5.69 Å². The minimum atomic E-state index is -0.554. The van der Waals surface area contributed by atoms with Crippen LogP contribution in [0.15, 0.2) is 40.1 Å². The molecule has 1 aromatic heterocycles. The van der Waals surface area contributed by atoms with Crippen LogP contribution in [0, 0.1) is 6.92 Å². The van der Waals surface area contributed by atoms with Crippen LogP contribution in [0.2, 0.25) is 0 Å². The van der Waals surface area contributed by atoms with Gasteiger partial charge in [-0.15, -0.1) is 0 Å². The first-order valence-corrected chi connectivity index (χ1v) is 4.72. The first-order valence-electron chi connectivity index (χ1n) is 4.72. The SMILES string of the molecule is Cc1ccc(Oc2c[nH]c(=O)[nH]c2=O)cc1. The molecule has 0 atom stereocenters. The number of aromatic amines is 2. The van der Waals surface area contributed by atoms with Crippen LogP contribution in [0.3, 0.4) is 0 Å². The van der Waals surface area contributed by atoms with E-state index in [1.54, 1.807) is 12.1 Å². The second-order valence-electron chi connectivity index (χ2n) is 3.35. The maximum absolute atomic E-state index is 11.3. The molecule has 0 spiro atoms. The Morgan fingerprint density at radius 1 is 1.12 bits per heavy atom. The van der Waals surface area contributed by atoms with E-state index in [2.05, 4.69) is 9.97 Å². The molecule has 0 amide bonds. The van der Waals surface area contributed by atoms with E-state index >= 15 is 0 Å². The van der Waals surface area contributed by atoms with Gasteiger partial charge in [0.15, 0.2) is 0 Å². The number of aryl methyl sites for hydroxylation is 1. The summed E-state index contributed by atoms with van der Waals surface area (Å²) in [4.78, 5) is 26.5. The number of ether oxygens (including phenoxy) is 1. The molecule has 2 rings (SSSR count). The predicted octanol–water partition coefficient (Wildman–Crippen LogP) is 1.16. The zero-order valence-corrected chi connectivity index (χ0v) is 8.61. The number of H-pyrrole nitrogens is 2. The van der Waals surface area contributed by atoms with Crippen LogP contribution in [-0.2, 0) is 0 Å². The smallest absolute Gasteiger partial charge is 0.325 e. The molecule has 5 heteroatoms. The molecule has 0 fully saturated rings. The highest BCUT2D eigenvalue weighted by molar-refractivity contribution is 5.30. The Bertz CT molecular complexity index is 596. The summed E-state index contributed by atoms with van der Waals surface area (Å²) in [5.41, 5.74) is -0.00620. The highest BCUT2D eigenvalue weighted by Crippen LogP contribution is 2.16. The van der Waals surface area contributed by atoms with Crippen LogP contribution >= 0.6 is 0 Å². The molecular formula is C11H10N2O3. The summed E-state index contributed by atoms with van der Waals surface area (Å²) in [5, 5.41) is 0. The van der Waals surface area contributed by atoms with Crippen molar-refractivity contribution >= 4 is 0 Å². The van der Waals surface area contributed by atoms with Gasteiger partial charge in [0.25, 0.3) is 5.56 Å². The topological polar surface area (TPSA) is 75.0 Å². The van der Waals surface area contributed by atoms with E-state index in [4.69, 9.17) is 4.74 Å². The molecular weight excluding hydrogens is 208 g/mol. The molecule has 0 bridgehead atoms. The van der Waals surface area contributed by atoms with Gasteiger partial charge in [-0.2, -0.15) is 0 Å². The van der Waals surface area contributed by atoms with Crippen molar-refractivity contribution in [1.29, 1.82) is 0 Å². The molecule has 2 aromatic rings. The lowest BCUT2D eigenvalue weighted by Crippen LogP contribution is -2.21. The maximum atomic E-state index is 11.3. The van der Waals surface area contributed by atoms with Crippen molar-refractivity contribution in [3.63, 3.8) is 0 Å². The minimum Gasteiger partial charge on any atom is -0.450 e. The van der Waals surface area contributed by atoms with Crippen LogP contribution in [-0.4, -0.2) is 9.97 Å². The molecule has 1 aromatic carbocycles. The third kappa shape index (κ3) is 2.20. The average Bonchev–Trinajstić information content (AvgIpc) is 2.25. The molecule has 0 aliphatic heterocycles. The fraction of sp³-hybridized carbons (Fsp3) is 0.0909. The third-order valence-corrected chi connectivity index (χ3v) is 2.03. The van der Waals surface area contributed by atoms with Crippen molar-refractivity contribution in [2.75, 3.05) is 0 Å². The fourth-order valence-electron chi connectivity index (χ4n) is 1.21. The second kappa shape index (κ2) is 4.06. The average molecular weight is 218 g/mol. The number of benzene rings is 1. The standard InChI is InChI=1S/C11H10N2O3/c1-7-2-4-8(5-3-7)16-9-6-12-11(15)13-10(9)14/h2-6H,1H3,(H2,12,13,14,15). The summed E-state index contributed by atoms with van der Waals surface area (Å²) in [6.45, 7) is 1.95. The summed E-state index contributed by atoms with van der Waals surface area (Å²) in [6.07, 6.45) is 1.24. The van der Waals surface area contributed by atoms with Crippen molar-refractivity contribution in [3.8, 4) is 11.5 Å². The second-order valence-corrected chi connectivity index (χ2v) is 3.35. The molecule has 16 heavy (non-hydrogen) atoms. The lowest BCUT2D eigenvalue weighted by atomic mass is 10.2. The summed E-state index contributed by atoms with van der Waals surface area (Å²) in [5.74, 6) is 0.603. The van der Waals surface area contributed by atoms with Crippen LogP contribution < -0.4 is 16.0 Å². The lowest BCUT2D eigenvalue weighted by molar-refractivity contribution is 0.470. The van der Waals surface area contributed by atoms with Gasteiger partial charge in [-0.3, -0.25) is 9.78 Å². The molecule has 0 unspecified atom stereocenters. The fourth-order valence-corrected chi connectivity index (χ4v) is 1.21. The van der Waals surface area contributed by atoms with Gasteiger partial charge in [0.1, 0.15) is 5.75 Å². The van der Waals surface area contributed by atoms with Gasteiger partial charge in [0, 0.05) is 0 Å². The van der Waals surface area contributed by atoms with Crippen LogP contribution in [0.4, 0.5) is 0 Å². The maximum Gasteiger partial charge on any atom is 0.325 e. The summed E-state index contributed by atoms with van der Waals surface area (Å²) < 4.78 is 5.31. The number of hydrogen-bond donors (Lipinski definition) is 2. The van der Waals surface area contributed by atoms with Crippen molar-refractivity contribution in [2.24, 2.45) is 0 Å². The summed E-state index contributed by atoms with van der Waals surface area (Å²) in [7, 11) is 0. The quantitative estimate of drug-likeness (QED) is 0.794. The van der Waals surface area contributed by atoms with Crippen molar-refractivity contribution in [3.05, 3.63) is 56.9 Å². The van der Waals surface area contributed by atoms with Gasteiger partial charge in [0.2, 0.25) is 5.75 Å². The molecule has 0 aliphatic rings. The van der Waals surface area contributed by atoms with Crippen LogP contribution in [0.5, 0.6) is 11.5 Å². The van der Waals surface area contributed by atoms with Crippen LogP contribution in [0.1, 0.15) is 5.56 Å². The molecule has 0 saturated carbocycles. The van der Waals surface area contributed by atoms with E-state index in [-0.39, 0.29) is 5.75 Å². The normalized spacial score (nSPS) is 10.1. The molecule has 5 nitrogen and oxygen atoms in total. The summed E-state index contributed by atoms with van der Waals surface area (Å²) >= 11 is 0. The number of aromatic nitrogens is 2. The Morgan fingerprint density at radius 3 is 2.44 bits per heavy atom. The monoisotopic (exact) mass is 218 g/mol. The molecule has 82 valence electrons. The number of nitrogens with one attached hydrogen (secondary N) is 2. The lowest BCUT2D eigenvalue weighted by Gasteiger charge is -2.03. The molecule has 2 N–H and O–H groups in total. The Hall–Kier alpha value is -2.30. The Labute approximate surface area is 90.7 Å². The third-order valence-electron chi connectivity index (χ3n) is 2.03. The highest BCUT2D eigenvalue weighted by Gasteiger charge is 2.02. The predicted molar refractivity (Wildman–Crippen MR) is 58.9 cm³/mol. The number of hydrogen-bond acceptors (Lipinski definition) is 3. The van der Waals surface area contributed by atoms with E-state index in [1.165, 1.54) is 6.20 Å². The largest absolute Gasteiger partial charge is 0.450 e. The van der Waals surface area contributed by atoms with E-state index in [1.807, 2.05) is 19.1 Å². The van der Waals surface area contributed by atoms with E-state index in [9.17, 15) is 9.59 Å². The molecule has 0 aliphatic carbocycles. The van der Waals surface area contributed by atoms with Gasteiger partial charge in [-0.1, -0.05) is 17.7 Å². The van der Waals surface area contributed by atoms with Gasteiger partial charge in [0.05, 0.1) is 6.20 Å². The Balaban J connectivity index is 2.30. The first-order chi connectivity index (χ1) is 7.65. The van der Waals surface area contributed by atoms with E-state index < -0.39 is 11.2 Å². The molecule has 1 heterocycles. The molecule has 0 saturated heterocycles. The van der Waals surface area contributed by atoms with Crippen LogP contribution in [0.25, 0.3) is 0 Å². The zero-order chi connectivity index (χ0) is 11.5. The number of rotatable bonds is 2. The van der Waals surface area contributed by atoms with Gasteiger partial charge in [-0.25, -0.2) is 4.79 Å². The van der Waals surface area contributed by atoms with Crippen molar-refractivity contribution in [2.45, 2.75) is 6.92 Å². The van der Waals surface area contributed by atoms with Crippen molar-refractivity contribution in [1.82, 2.24) is 9.97 Å². The molecule has 0 radical (unpaired) electrons. The minimum absolute atomic E-state index is 0.0588. The first kappa shape index (κ1) is 10.2. The van der Waals surface area contributed by atoms with Gasteiger partial charge in [-0.05, 0) is 19.1 Å². The van der Waals surface area contributed by atoms with Gasteiger partial charge < -0.3 is 9.72 Å². The zero-order valence-electron chi connectivity index (χ0n) is 8.61.